The van der Waals surface area contributed by atoms with Crippen LogP contribution in [0.3, 0.4) is 0 Å². The quantitative estimate of drug-likeness (QED) is 0.471. The van der Waals surface area contributed by atoms with Crippen LogP contribution < -0.4 is 15.0 Å². The summed E-state index contributed by atoms with van der Waals surface area (Å²) in [7, 11) is 2.12. The molecule has 1 aliphatic rings. The molecule has 0 aliphatic carbocycles. The van der Waals surface area contributed by atoms with Gasteiger partial charge in [-0.15, -0.1) is 0 Å². The van der Waals surface area contributed by atoms with Crippen LogP contribution in [0.1, 0.15) is 0 Å². The Hall–Kier alpha value is -3.56. The van der Waals surface area contributed by atoms with E-state index in [1.54, 1.807) is 11.3 Å². The van der Waals surface area contributed by atoms with Crippen LogP contribution in [0, 0.1) is 0 Å². The Balaban J connectivity index is 1.42. The van der Waals surface area contributed by atoms with Crippen LogP contribution in [0.2, 0.25) is 0 Å². The van der Waals surface area contributed by atoms with Gasteiger partial charge in [0.25, 0.3) is 0 Å². The molecule has 2 aromatic carbocycles. The molecule has 0 bridgehead atoms. The minimum atomic E-state index is 0.252. The van der Waals surface area contributed by atoms with Crippen LogP contribution in [-0.2, 0) is 0 Å². The molecule has 0 amide bonds. The first-order valence-electron chi connectivity index (χ1n) is 10.4. The maximum absolute atomic E-state index is 5.93. The fourth-order valence-corrected chi connectivity index (χ4v) is 4.17. The van der Waals surface area contributed by atoms with Crippen molar-refractivity contribution in [3.8, 4) is 22.2 Å². The molecule has 2 aromatic heterocycles. The first-order chi connectivity index (χ1) is 15.7. The van der Waals surface area contributed by atoms with Crippen molar-refractivity contribution in [2.24, 2.45) is 0 Å². The maximum Gasteiger partial charge on any atom is 0.328 e. The SMILES string of the molecule is CN1CCN(c2nc(Nc3ncc(-c4ccccc4)s3)nc(Oc3ccccc3)n2)CC1. The van der Waals surface area contributed by atoms with E-state index in [-0.39, 0.29) is 6.01 Å². The van der Waals surface area contributed by atoms with E-state index in [0.29, 0.717) is 22.8 Å². The summed E-state index contributed by atoms with van der Waals surface area (Å²) in [4.78, 5) is 23.7. The van der Waals surface area contributed by atoms with E-state index < -0.39 is 0 Å². The normalized spacial score (nSPS) is 14.3. The number of thiazole rings is 1. The third-order valence-electron chi connectivity index (χ3n) is 5.12. The van der Waals surface area contributed by atoms with Crippen molar-refractivity contribution < 1.29 is 4.74 Å². The second-order valence-electron chi connectivity index (χ2n) is 7.47. The molecule has 4 aromatic rings. The van der Waals surface area contributed by atoms with Crippen molar-refractivity contribution in [2.75, 3.05) is 43.4 Å². The van der Waals surface area contributed by atoms with E-state index in [4.69, 9.17) is 4.74 Å². The molecule has 1 fully saturated rings. The summed E-state index contributed by atoms with van der Waals surface area (Å²) in [6, 6.07) is 19.9. The Kier molecular flexibility index (Phi) is 5.91. The summed E-state index contributed by atoms with van der Waals surface area (Å²) >= 11 is 1.55. The molecule has 0 spiro atoms. The zero-order valence-electron chi connectivity index (χ0n) is 17.7. The van der Waals surface area contributed by atoms with Crippen molar-refractivity contribution in [1.82, 2.24) is 24.8 Å². The van der Waals surface area contributed by atoms with E-state index in [9.17, 15) is 0 Å². The number of likely N-dealkylation sites (N-methyl/N-ethyl adjacent to an activating group) is 1. The van der Waals surface area contributed by atoms with E-state index >= 15 is 0 Å². The lowest BCUT2D eigenvalue weighted by Crippen LogP contribution is -2.45. The van der Waals surface area contributed by atoms with Crippen LogP contribution >= 0.6 is 11.3 Å². The van der Waals surface area contributed by atoms with Crippen molar-refractivity contribution in [2.45, 2.75) is 0 Å². The lowest BCUT2D eigenvalue weighted by molar-refractivity contribution is 0.310. The summed E-state index contributed by atoms with van der Waals surface area (Å²) in [5.41, 5.74) is 1.12. The lowest BCUT2D eigenvalue weighted by atomic mass is 10.2. The number of ether oxygens (including phenoxy) is 1. The van der Waals surface area contributed by atoms with Crippen LogP contribution in [0.4, 0.5) is 17.0 Å². The number of nitrogens with zero attached hydrogens (tertiary/aromatic N) is 6. The van der Waals surface area contributed by atoms with Gasteiger partial charge in [0.15, 0.2) is 5.13 Å². The molecule has 1 N–H and O–H groups in total. The Labute approximate surface area is 190 Å². The molecule has 0 unspecified atom stereocenters. The molecule has 1 aliphatic heterocycles. The van der Waals surface area contributed by atoms with Crippen molar-refractivity contribution >= 4 is 28.4 Å². The number of hydrogen-bond acceptors (Lipinski definition) is 9. The Morgan fingerprint density at radius 1 is 0.875 bits per heavy atom. The Morgan fingerprint density at radius 2 is 1.59 bits per heavy atom. The van der Waals surface area contributed by atoms with E-state index in [1.807, 2.05) is 54.7 Å². The number of aromatic nitrogens is 4. The fraction of sp³-hybridized carbons (Fsp3) is 0.217. The van der Waals surface area contributed by atoms with Gasteiger partial charge in [-0.05, 0) is 24.7 Å². The fourth-order valence-electron chi connectivity index (χ4n) is 3.35. The molecule has 0 atom stereocenters. The molecule has 9 heteroatoms. The van der Waals surface area contributed by atoms with Gasteiger partial charge in [0.2, 0.25) is 11.9 Å². The zero-order valence-corrected chi connectivity index (χ0v) is 18.5. The monoisotopic (exact) mass is 445 g/mol. The highest BCUT2D eigenvalue weighted by molar-refractivity contribution is 7.18. The zero-order chi connectivity index (χ0) is 21.8. The summed E-state index contributed by atoms with van der Waals surface area (Å²) in [5.74, 6) is 1.68. The van der Waals surface area contributed by atoms with Crippen LogP contribution in [0.15, 0.2) is 66.9 Å². The van der Waals surface area contributed by atoms with Gasteiger partial charge in [-0.2, -0.15) is 15.0 Å². The average molecular weight is 446 g/mol. The van der Waals surface area contributed by atoms with Crippen molar-refractivity contribution in [3.05, 3.63) is 66.9 Å². The smallest absolute Gasteiger partial charge is 0.328 e. The maximum atomic E-state index is 5.93. The van der Waals surface area contributed by atoms with E-state index in [1.165, 1.54) is 0 Å². The third kappa shape index (κ3) is 4.84. The number of anilines is 3. The number of benzene rings is 2. The average Bonchev–Trinajstić information content (AvgIpc) is 3.29. The molecule has 5 rings (SSSR count). The van der Waals surface area contributed by atoms with Gasteiger partial charge in [-0.25, -0.2) is 4.98 Å². The Morgan fingerprint density at radius 3 is 2.34 bits per heavy atom. The molecule has 32 heavy (non-hydrogen) atoms. The summed E-state index contributed by atoms with van der Waals surface area (Å²) < 4.78 is 5.93. The molecule has 8 nitrogen and oxygen atoms in total. The minimum absolute atomic E-state index is 0.252. The number of hydrogen-bond donors (Lipinski definition) is 1. The minimum Gasteiger partial charge on any atom is -0.424 e. The van der Waals surface area contributed by atoms with E-state index in [2.05, 4.69) is 54.2 Å². The van der Waals surface area contributed by atoms with Gasteiger partial charge in [-0.3, -0.25) is 5.32 Å². The molecular weight excluding hydrogens is 422 g/mol. The highest BCUT2D eigenvalue weighted by Gasteiger charge is 2.20. The van der Waals surface area contributed by atoms with Gasteiger partial charge in [0, 0.05) is 32.4 Å². The summed E-state index contributed by atoms with van der Waals surface area (Å²) in [5, 5.41) is 3.95. The highest BCUT2D eigenvalue weighted by Crippen LogP contribution is 2.30. The van der Waals surface area contributed by atoms with Crippen molar-refractivity contribution in [1.29, 1.82) is 0 Å². The summed E-state index contributed by atoms with van der Waals surface area (Å²) in [6.07, 6.45) is 1.85. The largest absolute Gasteiger partial charge is 0.424 e. The Bertz CT molecular complexity index is 1160. The predicted molar refractivity (Wildman–Crippen MR) is 127 cm³/mol. The molecular formula is C23H23N7OS. The first kappa shape index (κ1) is 20.3. The third-order valence-corrected chi connectivity index (χ3v) is 6.09. The van der Waals surface area contributed by atoms with Crippen LogP contribution in [0.25, 0.3) is 10.4 Å². The van der Waals surface area contributed by atoms with Gasteiger partial charge < -0.3 is 14.5 Å². The van der Waals surface area contributed by atoms with Gasteiger partial charge in [0.05, 0.1) is 4.88 Å². The first-order valence-corrected chi connectivity index (χ1v) is 11.3. The molecule has 3 heterocycles. The number of para-hydroxylation sites is 1. The standard InChI is InChI=1S/C23H23N7OS/c1-29-12-14-30(15-13-29)21-25-20(26-22(28-21)31-18-10-6-3-7-11-18)27-23-24-16-19(32-23)17-8-4-2-5-9-17/h2-11,16H,12-15H2,1H3,(H,24,25,26,27,28). The second-order valence-corrected chi connectivity index (χ2v) is 8.50. The molecule has 0 radical (unpaired) electrons. The summed E-state index contributed by atoms with van der Waals surface area (Å²) in [6.45, 7) is 3.60. The van der Waals surface area contributed by atoms with Crippen LogP contribution in [0.5, 0.6) is 11.8 Å². The van der Waals surface area contributed by atoms with Crippen LogP contribution in [-0.4, -0.2) is 58.1 Å². The van der Waals surface area contributed by atoms with Gasteiger partial charge in [0.1, 0.15) is 5.75 Å². The number of piperazine rings is 1. The van der Waals surface area contributed by atoms with E-state index in [0.717, 1.165) is 36.6 Å². The number of rotatable bonds is 6. The molecule has 0 saturated carbocycles. The topological polar surface area (TPSA) is 79.3 Å². The predicted octanol–water partition coefficient (Wildman–Crippen LogP) is 4.28. The molecule has 1 saturated heterocycles. The molecule has 162 valence electrons. The van der Waals surface area contributed by atoms with Gasteiger partial charge in [-0.1, -0.05) is 59.9 Å². The van der Waals surface area contributed by atoms with Crippen molar-refractivity contribution in [3.63, 3.8) is 0 Å². The second kappa shape index (κ2) is 9.29. The van der Waals surface area contributed by atoms with Gasteiger partial charge >= 0.3 is 6.01 Å². The number of nitrogens with one attached hydrogen (secondary N) is 1. The lowest BCUT2D eigenvalue weighted by Gasteiger charge is -2.32. The highest BCUT2D eigenvalue weighted by atomic mass is 32.1.